The van der Waals surface area contributed by atoms with E-state index < -0.39 is 0 Å². The number of nitriles is 1. The summed E-state index contributed by atoms with van der Waals surface area (Å²) in [5.41, 5.74) is 3.00. The van der Waals surface area contributed by atoms with Gasteiger partial charge in [0.15, 0.2) is 0 Å². The lowest BCUT2D eigenvalue weighted by molar-refractivity contribution is 0.897. The lowest BCUT2D eigenvalue weighted by atomic mass is 10.2. The predicted octanol–water partition coefficient (Wildman–Crippen LogP) is 2.66. The third kappa shape index (κ3) is 3.27. The lowest BCUT2D eigenvalue weighted by Crippen LogP contribution is -2.17. The molecule has 0 radical (unpaired) electrons. The Labute approximate surface area is 119 Å². The average molecular weight is 266 g/mol. The van der Waals surface area contributed by atoms with Crippen LogP contribution < -0.4 is 9.80 Å². The van der Waals surface area contributed by atoms with Crippen LogP contribution in [-0.4, -0.2) is 26.1 Å². The summed E-state index contributed by atoms with van der Waals surface area (Å²) < 4.78 is 0. The minimum atomic E-state index is 0.581. The molecule has 0 aliphatic heterocycles. The van der Waals surface area contributed by atoms with Crippen molar-refractivity contribution in [3.63, 3.8) is 0 Å². The molecule has 0 fully saturated rings. The Kier molecular flexibility index (Phi) is 4.21. The summed E-state index contributed by atoms with van der Waals surface area (Å²) in [6.07, 6.45) is 1.60. The molecular weight excluding hydrogens is 248 g/mol. The van der Waals surface area contributed by atoms with E-state index in [0.29, 0.717) is 5.56 Å². The van der Waals surface area contributed by atoms with Crippen molar-refractivity contribution in [2.75, 3.05) is 30.9 Å². The van der Waals surface area contributed by atoms with Gasteiger partial charge in [-0.2, -0.15) is 5.26 Å². The predicted molar refractivity (Wildman–Crippen MR) is 81.8 cm³/mol. The van der Waals surface area contributed by atoms with Crippen molar-refractivity contribution >= 4 is 11.5 Å². The van der Waals surface area contributed by atoms with E-state index in [-0.39, 0.29) is 0 Å². The van der Waals surface area contributed by atoms with E-state index in [2.05, 4.69) is 45.1 Å². The fraction of sp³-hybridized carbons (Fsp3) is 0.250. The second-order valence-corrected chi connectivity index (χ2v) is 4.93. The molecule has 0 amide bonds. The first-order valence-electron chi connectivity index (χ1n) is 6.43. The first kappa shape index (κ1) is 13.9. The molecule has 0 aliphatic carbocycles. The molecule has 0 saturated heterocycles. The highest BCUT2D eigenvalue weighted by Crippen LogP contribution is 2.16. The summed E-state index contributed by atoms with van der Waals surface area (Å²) in [4.78, 5) is 8.43. The van der Waals surface area contributed by atoms with Crippen LogP contribution in [0.4, 0.5) is 11.5 Å². The molecule has 1 aromatic carbocycles. The Morgan fingerprint density at radius 3 is 2.25 bits per heavy atom. The zero-order valence-electron chi connectivity index (χ0n) is 12.0. The number of benzene rings is 1. The van der Waals surface area contributed by atoms with Gasteiger partial charge in [-0.1, -0.05) is 12.1 Å². The molecule has 2 rings (SSSR count). The van der Waals surface area contributed by atoms with E-state index in [1.807, 2.05) is 27.2 Å². The molecule has 0 N–H and O–H groups in total. The number of hydrogen-bond acceptors (Lipinski definition) is 4. The molecule has 102 valence electrons. The maximum Gasteiger partial charge on any atom is 0.128 e. The minimum Gasteiger partial charge on any atom is -0.378 e. The van der Waals surface area contributed by atoms with Crippen molar-refractivity contribution < 1.29 is 0 Å². The largest absolute Gasteiger partial charge is 0.378 e. The van der Waals surface area contributed by atoms with Gasteiger partial charge in [-0.15, -0.1) is 0 Å². The Bertz CT molecular complexity index is 594. The van der Waals surface area contributed by atoms with Crippen LogP contribution >= 0.6 is 0 Å². The van der Waals surface area contributed by atoms with E-state index in [1.165, 1.54) is 11.3 Å². The number of hydrogen-bond donors (Lipinski definition) is 0. The molecule has 0 atom stereocenters. The highest BCUT2D eigenvalue weighted by Gasteiger charge is 2.04. The van der Waals surface area contributed by atoms with Crippen LogP contribution in [-0.2, 0) is 6.54 Å². The summed E-state index contributed by atoms with van der Waals surface area (Å²) in [5.74, 6) is 0.862. The number of nitrogens with zero attached hydrogens (tertiary/aromatic N) is 4. The van der Waals surface area contributed by atoms with Crippen molar-refractivity contribution in [2.45, 2.75) is 6.54 Å². The Morgan fingerprint density at radius 1 is 1.05 bits per heavy atom. The fourth-order valence-electron chi connectivity index (χ4n) is 1.93. The first-order valence-corrected chi connectivity index (χ1v) is 6.43. The monoisotopic (exact) mass is 266 g/mol. The number of rotatable bonds is 4. The first-order chi connectivity index (χ1) is 9.60. The van der Waals surface area contributed by atoms with Gasteiger partial charge in [0.1, 0.15) is 11.9 Å². The molecule has 4 nitrogen and oxygen atoms in total. The highest BCUT2D eigenvalue weighted by atomic mass is 15.2. The molecule has 20 heavy (non-hydrogen) atoms. The van der Waals surface area contributed by atoms with E-state index in [9.17, 15) is 0 Å². The van der Waals surface area contributed by atoms with E-state index in [0.717, 1.165) is 12.4 Å². The van der Waals surface area contributed by atoms with Gasteiger partial charge in [-0.25, -0.2) is 4.98 Å². The third-order valence-corrected chi connectivity index (χ3v) is 3.14. The summed E-state index contributed by atoms with van der Waals surface area (Å²) in [6, 6.07) is 14.2. The molecule has 4 heteroatoms. The topological polar surface area (TPSA) is 43.2 Å². The smallest absolute Gasteiger partial charge is 0.128 e. The van der Waals surface area contributed by atoms with Gasteiger partial charge in [0.25, 0.3) is 0 Å². The molecule has 2 aromatic rings. The molecule has 0 aliphatic rings. The second kappa shape index (κ2) is 6.07. The van der Waals surface area contributed by atoms with E-state index in [1.54, 1.807) is 12.3 Å². The van der Waals surface area contributed by atoms with Crippen LogP contribution in [0, 0.1) is 11.3 Å². The molecule has 1 aromatic heterocycles. The van der Waals surface area contributed by atoms with Gasteiger partial charge in [-0.3, -0.25) is 0 Å². The fourth-order valence-corrected chi connectivity index (χ4v) is 1.93. The van der Waals surface area contributed by atoms with Gasteiger partial charge >= 0.3 is 0 Å². The van der Waals surface area contributed by atoms with Crippen LogP contribution in [0.2, 0.25) is 0 Å². The van der Waals surface area contributed by atoms with Crippen molar-refractivity contribution in [1.29, 1.82) is 5.26 Å². The molecule has 0 bridgehead atoms. The standard InChI is InChI=1S/C16H18N4/c1-19(2)15-7-4-13(5-8-15)12-20(3)16-9-6-14(10-17)11-18-16/h4-9,11H,12H2,1-3H3. The lowest BCUT2D eigenvalue weighted by Gasteiger charge is -2.19. The van der Waals surface area contributed by atoms with Crippen LogP contribution in [0.25, 0.3) is 0 Å². The number of pyridine rings is 1. The SMILES string of the molecule is CN(C)c1ccc(CN(C)c2ccc(C#N)cn2)cc1. The van der Waals surface area contributed by atoms with Crippen LogP contribution in [0.15, 0.2) is 42.6 Å². The average Bonchev–Trinajstić information content (AvgIpc) is 2.48. The Hall–Kier alpha value is -2.54. The van der Waals surface area contributed by atoms with E-state index >= 15 is 0 Å². The molecule has 1 heterocycles. The van der Waals surface area contributed by atoms with E-state index in [4.69, 9.17) is 5.26 Å². The Balaban J connectivity index is 2.06. The second-order valence-electron chi connectivity index (χ2n) is 4.93. The maximum atomic E-state index is 8.77. The van der Waals surface area contributed by atoms with Crippen molar-refractivity contribution in [2.24, 2.45) is 0 Å². The molecule has 0 unspecified atom stereocenters. The summed E-state index contributed by atoms with van der Waals surface area (Å²) in [5, 5.41) is 8.77. The quantitative estimate of drug-likeness (QED) is 0.853. The summed E-state index contributed by atoms with van der Waals surface area (Å²) in [7, 11) is 6.05. The highest BCUT2D eigenvalue weighted by molar-refractivity contribution is 5.47. The van der Waals surface area contributed by atoms with Crippen LogP contribution in [0.5, 0.6) is 0 Å². The molecule has 0 spiro atoms. The number of anilines is 2. The van der Waals surface area contributed by atoms with Crippen LogP contribution in [0.3, 0.4) is 0 Å². The van der Waals surface area contributed by atoms with Crippen molar-refractivity contribution in [3.05, 3.63) is 53.7 Å². The van der Waals surface area contributed by atoms with Crippen LogP contribution in [0.1, 0.15) is 11.1 Å². The van der Waals surface area contributed by atoms with Crippen molar-refractivity contribution in [1.82, 2.24) is 4.98 Å². The maximum absolute atomic E-state index is 8.77. The third-order valence-electron chi connectivity index (χ3n) is 3.14. The molecule has 0 saturated carbocycles. The van der Waals surface area contributed by atoms with Gasteiger partial charge in [0.2, 0.25) is 0 Å². The zero-order chi connectivity index (χ0) is 14.5. The normalized spacial score (nSPS) is 9.90. The van der Waals surface area contributed by atoms with Gasteiger partial charge in [0.05, 0.1) is 5.56 Å². The summed E-state index contributed by atoms with van der Waals surface area (Å²) in [6.45, 7) is 0.784. The van der Waals surface area contributed by atoms with Gasteiger partial charge in [-0.05, 0) is 29.8 Å². The number of aromatic nitrogens is 1. The Morgan fingerprint density at radius 2 is 1.75 bits per heavy atom. The van der Waals surface area contributed by atoms with Gasteiger partial charge < -0.3 is 9.80 Å². The van der Waals surface area contributed by atoms with Crippen molar-refractivity contribution in [3.8, 4) is 6.07 Å². The molecular formula is C16H18N4. The minimum absolute atomic E-state index is 0.581. The summed E-state index contributed by atoms with van der Waals surface area (Å²) >= 11 is 0. The zero-order valence-corrected chi connectivity index (χ0v) is 12.0. The van der Waals surface area contributed by atoms with Gasteiger partial charge in [0, 0.05) is 39.6 Å².